The summed E-state index contributed by atoms with van der Waals surface area (Å²) in [5.74, 6) is 0.982. The summed E-state index contributed by atoms with van der Waals surface area (Å²) >= 11 is 0. The van der Waals surface area contributed by atoms with Crippen molar-refractivity contribution in [1.29, 1.82) is 0 Å². The molecular weight excluding hydrogens is 228 g/mol. The predicted molar refractivity (Wildman–Crippen MR) is 70.9 cm³/mol. The molecule has 0 radical (unpaired) electrons. The van der Waals surface area contributed by atoms with E-state index in [-0.39, 0.29) is 11.3 Å². The Morgan fingerprint density at radius 3 is 2.28 bits per heavy atom. The van der Waals surface area contributed by atoms with Gasteiger partial charge in [-0.2, -0.15) is 5.10 Å². The van der Waals surface area contributed by atoms with Crippen LogP contribution in [0.4, 0.5) is 0 Å². The molecule has 4 nitrogen and oxygen atoms in total. The minimum Gasteiger partial charge on any atom is -0.504 e. The molecule has 1 aromatic carbocycles. The zero-order chi connectivity index (χ0) is 13.3. The summed E-state index contributed by atoms with van der Waals surface area (Å²) in [6.07, 6.45) is 1.48. The molecule has 1 heterocycles. The van der Waals surface area contributed by atoms with Crippen molar-refractivity contribution in [2.45, 2.75) is 26.3 Å². The van der Waals surface area contributed by atoms with Crippen LogP contribution in [0.2, 0.25) is 0 Å². The van der Waals surface area contributed by atoms with Gasteiger partial charge in [0.05, 0.1) is 18.8 Å². The van der Waals surface area contributed by atoms with Gasteiger partial charge in [0.1, 0.15) is 11.4 Å². The molecule has 0 bridgehead atoms. The van der Waals surface area contributed by atoms with Gasteiger partial charge in [0.15, 0.2) is 5.75 Å². The highest BCUT2D eigenvalue weighted by atomic mass is 16.5. The van der Waals surface area contributed by atoms with E-state index < -0.39 is 0 Å². The Labute approximate surface area is 107 Å². The molecule has 1 N–H and O–H groups in total. The maximum Gasteiger partial charge on any atom is 0.161 e. The maximum atomic E-state index is 9.96. The van der Waals surface area contributed by atoms with Crippen LogP contribution in [0.3, 0.4) is 0 Å². The normalized spacial score (nSPS) is 11.6. The molecule has 0 unspecified atom stereocenters. The SMILES string of the molecule is COc1ccc(-c2c(O)cnn2C(C)(C)C)cc1. The van der Waals surface area contributed by atoms with E-state index in [2.05, 4.69) is 5.10 Å². The lowest BCUT2D eigenvalue weighted by Crippen LogP contribution is -2.23. The Kier molecular flexibility index (Phi) is 3.03. The molecule has 0 fully saturated rings. The van der Waals surface area contributed by atoms with Gasteiger partial charge in [-0.15, -0.1) is 0 Å². The van der Waals surface area contributed by atoms with E-state index in [1.165, 1.54) is 6.20 Å². The molecule has 18 heavy (non-hydrogen) atoms. The number of methoxy groups -OCH3 is 1. The van der Waals surface area contributed by atoms with Crippen LogP contribution >= 0.6 is 0 Å². The van der Waals surface area contributed by atoms with Crippen molar-refractivity contribution < 1.29 is 9.84 Å². The Morgan fingerprint density at radius 1 is 1.17 bits per heavy atom. The van der Waals surface area contributed by atoms with E-state index in [0.717, 1.165) is 17.0 Å². The monoisotopic (exact) mass is 246 g/mol. The largest absolute Gasteiger partial charge is 0.504 e. The number of aromatic hydroxyl groups is 1. The second-order valence-electron chi connectivity index (χ2n) is 5.19. The fourth-order valence-corrected chi connectivity index (χ4v) is 1.87. The van der Waals surface area contributed by atoms with E-state index >= 15 is 0 Å². The Bertz CT molecular complexity index is 536. The molecule has 0 aliphatic carbocycles. The molecule has 0 saturated heterocycles. The predicted octanol–water partition coefficient (Wildman–Crippen LogP) is 3.02. The lowest BCUT2D eigenvalue weighted by atomic mass is 10.1. The van der Waals surface area contributed by atoms with E-state index in [4.69, 9.17) is 4.74 Å². The van der Waals surface area contributed by atoms with E-state index in [1.54, 1.807) is 7.11 Å². The van der Waals surface area contributed by atoms with Crippen molar-refractivity contribution in [3.05, 3.63) is 30.5 Å². The molecule has 2 aromatic rings. The standard InChI is InChI=1S/C14H18N2O2/c1-14(2,3)16-13(12(17)9-15-16)10-5-7-11(18-4)8-6-10/h5-9,17H,1-4H3. The number of aromatic nitrogens is 2. The minimum absolute atomic E-state index is 0.184. The maximum absolute atomic E-state index is 9.96. The van der Waals surface area contributed by atoms with Gasteiger partial charge in [0.2, 0.25) is 0 Å². The quantitative estimate of drug-likeness (QED) is 0.886. The summed E-state index contributed by atoms with van der Waals surface area (Å²) in [6.45, 7) is 6.14. The summed E-state index contributed by atoms with van der Waals surface area (Å²) in [7, 11) is 1.63. The van der Waals surface area contributed by atoms with Gasteiger partial charge in [-0.1, -0.05) is 0 Å². The zero-order valence-corrected chi connectivity index (χ0v) is 11.1. The van der Waals surface area contributed by atoms with Gasteiger partial charge >= 0.3 is 0 Å². The highest BCUT2D eigenvalue weighted by molar-refractivity contribution is 5.67. The second kappa shape index (κ2) is 4.37. The van der Waals surface area contributed by atoms with Gasteiger partial charge in [-0.3, -0.25) is 4.68 Å². The molecule has 0 aliphatic rings. The number of ether oxygens (including phenoxy) is 1. The molecule has 2 rings (SSSR count). The molecule has 0 saturated carbocycles. The van der Waals surface area contributed by atoms with E-state index in [9.17, 15) is 5.11 Å². The summed E-state index contributed by atoms with van der Waals surface area (Å²) in [4.78, 5) is 0. The number of hydrogen-bond donors (Lipinski definition) is 1. The lowest BCUT2D eigenvalue weighted by Gasteiger charge is -2.22. The first kappa shape index (κ1) is 12.5. The first-order chi connectivity index (χ1) is 8.43. The van der Waals surface area contributed by atoms with Crippen LogP contribution in [0.15, 0.2) is 30.5 Å². The van der Waals surface area contributed by atoms with Gasteiger partial charge in [0, 0.05) is 5.56 Å². The van der Waals surface area contributed by atoms with Gasteiger partial charge in [-0.25, -0.2) is 0 Å². The number of hydrogen-bond acceptors (Lipinski definition) is 3. The molecule has 0 atom stereocenters. The summed E-state index contributed by atoms with van der Waals surface area (Å²) < 4.78 is 6.95. The van der Waals surface area contributed by atoms with Crippen molar-refractivity contribution in [1.82, 2.24) is 9.78 Å². The van der Waals surface area contributed by atoms with Gasteiger partial charge < -0.3 is 9.84 Å². The Balaban J connectivity index is 2.52. The molecule has 1 aromatic heterocycles. The molecule has 0 spiro atoms. The van der Waals surface area contributed by atoms with E-state index in [0.29, 0.717) is 0 Å². The van der Waals surface area contributed by atoms with Crippen LogP contribution in [-0.2, 0) is 5.54 Å². The van der Waals surface area contributed by atoms with Gasteiger partial charge in [-0.05, 0) is 45.0 Å². The number of rotatable bonds is 2. The van der Waals surface area contributed by atoms with Crippen molar-refractivity contribution in [2.24, 2.45) is 0 Å². The average molecular weight is 246 g/mol. The Hall–Kier alpha value is -1.97. The van der Waals surface area contributed by atoms with Crippen LogP contribution in [-0.4, -0.2) is 22.0 Å². The molecular formula is C14H18N2O2. The van der Waals surface area contributed by atoms with Crippen LogP contribution < -0.4 is 4.74 Å². The number of benzene rings is 1. The minimum atomic E-state index is -0.184. The Morgan fingerprint density at radius 2 is 1.78 bits per heavy atom. The van der Waals surface area contributed by atoms with Crippen LogP contribution in [0.5, 0.6) is 11.5 Å². The third kappa shape index (κ3) is 2.18. The fraction of sp³-hybridized carbons (Fsp3) is 0.357. The molecule has 4 heteroatoms. The van der Waals surface area contributed by atoms with Crippen LogP contribution in [0.25, 0.3) is 11.3 Å². The number of nitrogens with zero attached hydrogens (tertiary/aromatic N) is 2. The third-order valence-corrected chi connectivity index (χ3v) is 2.75. The highest BCUT2D eigenvalue weighted by Crippen LogP contribution is 2.33. The van der Waals surface area contributed by atoms with Gasteiger partial charge in [0.25, 0.3) is 0 Å². The van der Waals surface area contributed by atoms with Crippen molar-refractivity contribution in [2.75, 3.05) is 7.11 Å². The summed E-state index contributed by atoms with van der Waals surface area (Å²) in [5.41, 5.74) is 1.46. The van der Waals surface area contributed by atoms with Crippen molar-refractivity contribution in [3.8, 4) is 22.8 Å². The smallest absolute Gasteiger partial charge is 0.161 e. The molecule has 0 aliphatic heterocycles. The molecule has 96 valence electrons. The fourth-order valence-electron chi connectivity index (χ4n) is 1.87. The van der Waals surface area contributed by atoms with E-state index in [1.807, 2.05) is 49.7 Å². The lowest BCUT2D eigenvalue weighted by molar-refractivity contribution is 0.358. The highest BCUT2D eigenvalue weighted by Gasteiger charge is 2.21. The average Bonchev–Trinajstić information content (AvgIpc) is 2.71. The second-order valence-corrected chi connectivity index (χ2v) is 5.19. The van der Waals surface area contributed by atoms with Crippen molar-refractivity contribution in [3.63, 3.8) is 0 Å². The van der Waals surface area contributed by atoms with Crippen LogP contribution in [0, 0.1) is 0 Å². The summed E-state index contributed by atoms with van der Waals surface area (Å²) in [6, 6.07) is 7.57. The van der Waals surface area contributed by atoms with Crippen LogP contribution in [0.1, 0.15) is 20.8 Å². The topological polar surface area (TPSA) is 47.3 Å². The third-order valence-electron chi connectivity index (χ3n) is 2.75. The summed E-state index contributed by atoms with van der Waals surface area (Å²) in [5, 5.41) is 14.2. The molecule has 0 amide bonds. The zero-order valence-electron chi connectivity index (χ0n) is 11.1. The first-order valence-corrected chi connectivity index (χ1v) is 5.85. The van der Waals surface area contributed by atoms with Crippen molar-refractivity contribution >= 4 is 0 Å². The first-order valence-electron chi connectivity index (χ1n) is 5.85.